The van der Waals surface area contributed by atoms with Crippen molar-refractivity contribution in [2.24, 2.45) is 0 Å². The first kappa shape index (κ1) is 14.9. The average molecular weight is 281 g/mol. The molecule has 0 unspecified atom stereocenters. The van der Waals surface area contributed by atoms with Crippen molar-refractivity contribution in [2.45, 2.75) is 20.3 Å². The van der Waals surface area contributed by atoms with Gasteiger partial charge in [0.2, 0.25) is 0 Å². The summed E-state index contributed by atoms with van der Waals surface area (Å²) in [5.74, 6) is -2.66. The second kappa shape index (κ2) is 6.69. The molecular formula is C12H13N2O4S-. The Morgan fingerprint density at radius 1 is 1.32 bits per heavy atom. The lowest BCUT2D eigenvalue weighted by Gasteiger charge is -2.06. The van der Waals surface area contributed by atoms with Gasteiger partial charge in [0.1, 0.15) is 0 Å². The van der Waals surface area contributed by atoms with Gasteiger partial charge in [-0.1, -0.05) is 6.92 Å². The first-order chi connectivity index (χ1) is 8.95. The van der Waals surface area contributed by atoms with Crippen LogP contribution in [-0.4, -0.2) is 17.8 Å². The summed E-state index contributed by atoms with van der Waals surface area (Å²) in [5.41, 5.74) is 5.74. The summed E-state index contributed by atoms with van der Waals surface area (Å²) in [6.07, 6.45) is 2.06. The highest BCUT2D eigenvalue weighted by Crippen LogP contribution is 2.21. The van der Waals surface area contributed by atoms with Crippen LogP contribution in [0.4, 0.5) is 0 Å². The Morgan fingerprint density at radius 2 is 2.00 bits per heavy atom. The molecule has 7 heteroatoms. The zero-order chi connectivity index (χ0) is 14.4. The van der Waals surface area contributed by atoms with E-state index in [1.54, 1.807) is 5.38 Å². The van der Waals surface area contributed by atoms with Crippen molar-refractivity contribution < 1.29 is 19.5 Å². The minimum atomic E-state index is -1.48. The van der Waals surface area contributed by atoms with E-state index in [-0.39, 0.29) is 0 Å². The normalized spacial score (nSPS) is 10.4. The second-order valence-electron chi connectivity index (χ2n) is 3.63. The Hall–Kier alpha value is -2.15. The van der Waals surface area contributed by atoms with Gasteiger partial charge in [0.25, 0.3) is 11.8 Å². The van der Waals surface area contributed by atoms with E-state index in [1.807, 2.05) is 13.8 Å². The van der Waals surface area contributed by atoms with Crippen LogP contribution in [0.25, 0.3) is 0 Å². The van der Waals surface area contributed by atoms with Crippen molar-refractivity contribution in [3.05, 3.63) is 33.5 Å². The molecule has 0 aliphatic rings. The highest BCUT2D eigenvalue weighted by molar-refractivity contribution is 7.10. The molecule has 1 aromatic heterocycles. The summed E-state index contributed by atoms with van der Waals surface area (Å²) in [7, 11) is 0. The molecule has 1 aromatic rings. The fourth-order valence-corrected chi connectivity index (χ4v) is 2.42. The van der Waals surface area contributed by atoms with Crippen LogP contribution in [0.2, 0.25) is 0 Å². The molecule has 0 bridgehead atoms. The van der Waals surface area contributed by atoms with Gasteiger partial charge in [0.05, 0.1) is 11.5 Å². The predicted molar refractivity (Wildman–Crippen MR) is 68.2 cm³/mol. The van der Waals surface area contributed by atoms with Crippen LogP contribution in [0.5, 0.6) is 0 Å². The first-order valence-electron chi connectivity index (χ1n) is 5.52. The minimum Gasteiger partial charge on any atom is -0.545 e. The van der Waals surface area contributed by atoms with Crippen LogP contribution in [0, 0.1) is 6.92 Å². The van der Waals surface area contributed by atoms with E-state index >= 15 is 0 Å². The molecule has 19 heavy (non-hydrogen) atoms. The minimum absolute atomic E-state index is 0.434. The van der Waals surface area contributed by atoms with Crippen molar-refractivity contribution in [2.75, 3.05) is 0 Å². The Kier molecular flexibility index (Phi) is 5.25. The SMILES string of the molecule is CCc1c(C(=O)NNC(=O)/C=C/C(=O)[O-])csc1C. The molecule has 0 fully saturated rings. The number of hydrazine groups is 1. The lowest BCUT2D eigenvalue weighted by atomic mass is 10.1. The third-order valence-electron chi connectivity index (χ3n) is 2.37. The van der Waals surface area contributed by atoms with Gasteiger partial charge in [-0.25, -0.2) is 0 Å². The second-order valence-corrected chi connectivity index (χ2v) is 4.72. The molecule has 0 aromatic carbocycles. The van der Waals surface area contributed by atoms with Gasteiger partial charge < -0.3 is 9.90 Å². The molecule has 0 aliphatic carbocycles. The molecule has 0 atom stereocenters. The number of rotatable bonds is 4. The predicted octanol–water partition coefficient (Wildman–Crippen LogP) is -0.314. The van der Waals surface area contributed by atoms with Crippen LogP contribution in [0.3, 0.4) is 0 Å². The molecule has 0 aliphatic heterocycles. The summed E-state index contributed by atoms with van der Waals surface area (Å²) in [6, 6.07) is 0. The molecule has 102 valence electrons. The molecule has 1 heterocycles. The Bertz CT molecular complexity index is 534. The van der Waals surface area contributed by atoms with Crippen LogP contribution < -0.4 is 16.0 Å². The summed E-state index contributed by atoms with van der Waals surface area (Å²) in [5, 5.41) is 11.8. The zero-order valence-electron chi connectivity index (χ0n) is 10.5. The fraction of sp³-hybridized carbons (Fsp3) is 0.250. The number of nitrogens with one attached hydrogen (secondary N) is 2. The molecule has 2 amide bonds. The number of amides is 2. The molecule has 0 spiro atoms. The number of hydrogen-bond donors (Lipinski definition) is 2. The Labute approximate surface area is 114 Å². The zero-order valence-corrected chi connectivity index (χ0v) is 11.3. The number of hydrogen-bond acceptors (Lipinski definition) is 5. The monoisotopic (exact) mass is 281 g/mol. The average Bonchev–Trinajstić information content (AvgIpc) is 2.74. The quantitative estimate of drug-likeness (QED) is 0.584. The number of carboxylic acid groups (broad SMARTS) is 1. The Balaban J connectivity index is 2.61. The van der Waals surface area contributed by atoms with Gasteiger partial charge in [-0.2, -0.15) is 0 Å². The van der Waals surface area contributed by atoms with Gasteiger partial charge in [-0.15, -0.1) is 11.3 Å². The van der Waals surface area contributed by atoms with E-state index in [2.05, 4.69) is 10.9 Å². The molecule has 0 saturated carbocycles. The molecule has 0 radical (unpaired) electrons. The van der Waals surface area contributed by atoms with Crippen molar-refractivity contribution in [3.8, 4) is 0 Å². The number of carboxylic acids is 1. The van der Waals surface area contributed by atoms with Crippen molar-refractivity contribution in [1.82, 2.24) is 10.9 Å². The number of aryl methyl sites for hydroxylation is 1. The summed E-state index contributed by atoms with van der Waals surface area (Å²) in [6.45, 7) is 3.86. The van der Waals surface area contributed by atoms with Crippen molar-refractivity contribution >= 4 is 29.1 Å². The van der Waals surface area contributed by atoms with Gasteiger partial charge in [0.15, 0.2) is 0 Å². The number of aliphatic carboxylic acids is 1. The standard InChI is InChI=1S/C12H14N2O4S/c1-3-8-7(2)19-6-9(8)12(18)14-13-10(15)4-5-11(16)17/h4-6H,3H2,1-2H3,(H,13,15)(H,14,18)(H,16,17)/p-1/b5-4+. The highest BCUT2D eigenvalue weighted by Gasteiger charge is 2.14. The number of thiophene rings is 1. The summed E-state index contributed by atoms with van der Waals surface area (Å²) in [4.78, 5) is 34.1. The first-order valence-corrected chi connectivity index (χ1v) is 6.40. The lowest BCUT2D eigenvalue weighted by Crippen LogP contribution is -2.41. The maximum absolute atomic E-state index is 11.8. The molecule has 0 saturated heterocycles. The topological polar surface area (TPSA) is 98.3 Å². The molecule has 2 N–H and O–H groups in total. The lowest BCUT2D eigenvalue weighted by molar-refractivity contribution is -0.297. The van der Waals surface area contributed by atoms with E-state index in [9.17, 15) is 19.5 Å². The maximum atomic E-state index is 11.8. The van der Waals surface area contributed by atoms with E-state index in [4.69, 9.17) is 0 Å². The Morgan fingerprint density at radius 3 is 2.58 bits per heavy atom. The molecular weight excluding hydrogens is 268 g/mol. The van der Waals surface area contributed by atoms with Gasteiger partial charge in [0, 0.05) is 16.3 Å². The van der Waals surface area contributed by atoms with Crippen molar-refractivity contribution in [1.29, 1.82) is 0 Å². The van der Waals surface area contributed by atoms with Gasteiger partial charge in [-0.3, -0.25) is 20.4 Å². The number of carbonyl (C=O) groups excluding carboxylic acids is 3. The smallest absolute Gasteiger partial charge is 0.270 e. The molecule has 1 rings (SSSR count). The van der Waals surface area contributed by atoms with Gasteiger partial charge in [-0.05, 0) is 25.0 Å². The highest BCUT2D eigenvalue weighted by atomic mass is 32.1. The van der Waals surface area contributed by atoms with Crippen LogP contribution in [0.1, 0.15) is 27.7 Å². The van der Waals surface area contributed by atoms with Crippen LogP contribution in [0.15, 0.2) is 17.5 Å². The largest absolute Gasteiger partial charge is 0.545 e. The van der Waals surface area contributed by atoms with Gasteiger partial charge >= 0.3 is 0 Å². The summed E-state index contributed by atoms with van der Waals surface area (Å²) >= 11 is 1.46. The van der Waals surface area contributed by atoms with E-state index in [0.717, 1.165) is 22.9 Å². The third-order valence-corrected chi connectivity index (χ3v) is 3.33. The summed E-state index contributed by atoms with van der Waals surface area (Å²) < 4.78 is 0. The fourth-order valence-electron chi connectivity index (χ4n) is 1.48. The number of carbonyl (C=O) groups is 3. The maximum Gasteiger partial charge on any atom is 0.270 e. The third kappa shape index (κ3) is 4.22. The van der Waals surface area contributed by atoms with Crippen molar-refractivity contribution in [3.63, 3.8) is 0 Å². The van der Waals surface area contributed by atoms with Crippen LogP contribution in [-0.2, 0) is 16.0 Å². The van der Waals surface area contributed by atoms with E-state index in [1.165, 1.54) is 11.3 Å². The van der Waals surface area contributed by atoms with E-state index in [0.29, 0.717) is 11.6 Å². The van der Waals surface area contributed by atoms with E-state index < -0.39 is 17.8 Å². The molecule has 6 nitrogen and oxygen atoms in total. The van der Waals surface area contributed by atoms with Crippen LogP contribution >= 0.6 is 11.3 Å².